The van der Waals surface area contributed by atoms with E-state index in [1.165, 1.54) is 6.08 Å². The highest BCUT2D eigenvalue weighted by Crippen LogP contribution is 2.09. The van der Waals surface area contributed by atoms with Gasteiger partial charge < -0.3 is 10.0 Å². The molecule has 0 spiro atoms. The fraction of sp³-hybridized carbons (Fsp3) is 0.625. The summed E-state index contributed by atoms with van der Waals surface area (Å²) in [5.74, 6) is -0.0799. The Bertz CT molecular complexity index is 167. The molecular formula is C8H13NO2. The van der Waals surface area contributed by atoms with Gasteiger partial charge in [0.25, 0.3) is 0 Å². The molecule has 3 nitrogen and oxygen atoms in total. The molecule has 0 radical (unpaired) electrons. The molecule has 0 bridgehead atoms. The molecule has 1 saturated heterocycles. The van der Waals surface area contributed by atoms with Gasteiger partial charge in [-0.15, -0.1) is 0 Å². The molecule has 1 amide bonds. The average molecular weight is 155 g/mol. The summed E-state index contributed by atoms with van der Waals surface area (Å²) in [7, 11) is 0. The lowest BCUT2D eigenvalue weighted by molar-refractivity contribution is -0.128. The summed E-state index contributed by atoms with van der Waals surface area (Å²) in [5, 5.41) is 9.20. The first-order valence-electron chi connectivity index (χ1n) is 3.83. The molecule has 1 fully saturated rings. The van der Waals surface area contributed by atoms with Gasteiger partial charge in [0.1, 0.15) is 0 Å². The normalized spacial score (nSPS) is 24.8. The molecule has 0 aliphatic carbocycles. The highest BCUT2D eigenvalue weighted by molar-refractivity contribution is 5.87. The number of nitrogens with zero attached hydrogens (tertiary/aromatic N) is 1. The van der Waals surface area contributed by atoms with E-state index in [1.807, 2.05) is 0 Å². The number of carbonyl (C=O) groups excluding carboxylic acids is 1. The topological polar surface area (TPSA) is 40.5 Å². The van der Waals surface area contributed by atoms with E-state index in [1.54, 1.807) is 4.90 Å². The van der Waals surface area contributed by atoms with Crippen LogP contribution >= 0.6 is 0 Å². The highest BCUT2D eigenvalue weighted by Gasteiger charge is 2.19. The second-order valence-corrected chi connectivity index (χ2v) is 2.78. The summed E-state index contributed by atoms with van der Waals surface area (Å²) >= 11 is 0. The van der Waals surface area contributed by atoms with E-state index >= 15 is 0 Å². The molecule has 0 aromatic carbocycles. The molecule has 3 heteroatoms. The van der Waals surface area contributed by atoms with Gasteiger partial charge in [-0.2, -0.15) is 0 Å². The monoisotopic (exact) mass is 155 g/mol. The van der Waals surface area contributed by atoms with Gasteiger partial charge in [-0.25, -0.2) is 0 Å². The fourth-order valence-corrected chi connectivity index (χ4v) is 1.28. The minimum atomic E-state index is -0.340. The van der Waals surface area contributed by atoms with Gasteiger partial charge in [0.05, 0.1) is 6.10 Å². The van der Waals surface area contributed by atoms with Crippen LogP contribution in [0, 0.1) is 0 Å². The number of aliphatic hydroxyl groups excluding tert-OH is 1. The first-order chi connectivity index (χ1) is 5.24. The van der Waals surface area contributed by atoms with Crippen molar-refractivity contribution in [3.05, 3.63) is 12.7 Å². The lowest BCUT2D eigenvalue weighted by Gasteiger charge is -2.28. The first kappa shape index (κ1) is 8.27. The van der Waals surface area contributed by atoms with Crippen LogP contribution in [0.2, 0.25) is 0 Å². The number of aliphatic hydroxyl groups is 1. The molecule has 1 rings (SSSR count). The van der Waals surface area contributed by atoms with Gasteiger partial charge in [-0.05, 0) is 18.9 Å². The number of piperidine rings is 1. The molecule has 1 heterocycles. The van der Waals surface area contributed by atoms with Crippen molar-refractivity contribution in [3.8, 4) is 0 Å². The van der Waals surface area contributed by atoms with Crippen LogP contribution in [0.4, 0.5) is 0 Å². The summed E-state index contributed by atoms with van der Waals surface area (Å²) in [6.07, 6.45) is 2.65. The maximum Gasteiger partial charge on any atom is 0.246 e. The zero-order chi connectivity index (χ0) is 8.27. The Balaban J connectivity index is 2.45. The van der Waals surface area contributed by atoms with Crippen molar-refractivity contribution in [2.24, 2.45) is 0 Å². The van der Waals surface area contributed by atoms with Crippen LogP contribution < -0.4 is 0 Å². The molecule has 1 aliphatic rings. The van der Waals surface area contributed by atoms with Crippen molar-refractivity contribution in [1.82, 2.24) is 4.90 Å². The van der Waals surface area contributed by atoms with Crippen molar-refractivity contribution in [1.29, 1.82) is 0 Å². The fourth-order valence-electron chi connectivity index (χ4n) is 1.28. The average Bonchev–Trinajstić information content (AvgIpc) is 2.03. The van der Waals surface area contributed by atoms with Gasteiger partial charge in [-0.3, -0.25) is 4.79 Å². The van der Waals surface area contributed by atoms with E-state index in [9.17, 15) is 9.90 Å². The van der Waals surface area contributed by atoms with E-state index in [0.29, 0.717) is 6.54 Å². The molecule has 11 heavy (non-hydrogen) atoms. The number of likely N-dealkylation sites (tertiary alicyclic amines) is 1. The van der Waals surface area contributed by atoms with Crippen LogP contribution in [0.5, 0.6) is 0 Å². The second-order valence-electron chi connectivity index (χ2n) is 2.78. The maximum atomic E-state index is 11.0. The predicted molar refractivity (Wildman–Crippen MR) is 42.0 cm³/mol. The SMILES string of the molecule is C=CC(=O)N1CCCC(O)C1. The third-order valence-electron chi connectivity index (χ3n) is 1.88. The molecule has 1 N–H and O–H groups in total. The number of hydrogen-bond donors (Lipinski definition) is 1. The Morgan fingerprint density at radius 3 is 3.00 bits per heavy atom. The quantitative estimate of drug-likeness (QED) is 0.548. The van der Waals surface area contributed by atoms with Crippen LogP contribution in [0.25, 0.3) is 0 Å². The third kappa shape index (κ3) is 2.05. The number of carbonyl (C=O) groups is 1. The summed E-state index contributed by atoms with van der Waals surface area (Å²) in [6.45, 7) is 4.60. The van der Waals surface area contributed by atoms with Crippen molar-refractivity contribution in [3.63, 3.8) is 0 Å². The van der Waals surface area contributed by atoms with Gasteiger partial charge in [0.15, 0.2) is 0 Å². The van der Waals surface area contributed by atoms with E-state index in [2.05, 4.69) is 6.58 Å². The lowest BCUT2D eigenvalue weighted by Crippen LogP contribution is -2.41. The van der Waals surface area contributed by atoms with Crippen molar-refractivity contribution in [2.45, 2.75) is 18.9 Å². The van der Waals surface area contributed by atoms with Crippen LogP contribution in [0.3, 0.4) is 0 Å². The van der Waals surface area contributed by atoms with Gasteiger partial charge in [-0.1, -0.05) is 6.58 Å². The zero-order valence-corrected chi connectivity index (χ0v) is 6.49. The van der Waals surface area contributed by atoms with Gasteiger partial charge in [0, 0.05) is 13.1 Å². The van der Waals surface area contributed by atoms with Crippen LogP contribution in [0.15, 0.2) is 12.7 Å². The molecule has 62 valence electrons. The van der Waals surface area contributed by atoms with Crippen molar-refractivity contribution < 1.29 is 9.90 Å². The minimum Gasteiger partial charge on any atom is -0.391 e. The number of hydrogen-bond acceptors (Lipinski definition) is 2. The molecule has 0 saturated carbocycles. The van der Waals surface area contributed by atoms with Crippen molar-refractivity contribution >= 4 is 5.91 Å². The number of amides is 1. The molecule has 1 unspecified atom stereocenters. The molecule has 0 aromatic rings. The number of β-amino-alcohol motifs (C(OH)–C–C–N with tert-alkyl or cyclic N) is 1. The standard InChI is InChI=1S/C8H13NO2/c1-2-8(11)9-5-3-4-7(10)6-9/h2,7,10H,1,3-6H2. The maximum absolute atomic E-state index is 11.0. The van der Waals surface area contributed by atoms with E-state index in [4.69, 9.17) is 0 Å². The zero-order valence-electron chi connectivity index (χ0n) is 6.49. The lowest BCUT2D eigenvalue weighted by atomic mass is 10.1. The smallest absolute Gasteiger partial charge is 0.246 e. The second kappa shape index (κ2) is 3.53. The Hall–Kier alpha value is -0.830. The first-order valence-corrected chi connectivity index (χ1v) is 3.83. The highest BCUT2D eigenvalue weighted by atomic mass is 16.3. The van der Waals surface area contributed by atoms with Crippen molar-refractivity contribution in [2.75, 3.05) is 13.1 Å². The molecular weight excluding hydrogens is 142 g/mol. The molecule has 1 aliphatic heterocycles. The van der Waals surface area contributed by atoms with E-state index in [-0.39, 0.29) is 12.0 Å². The summed E-state index contributed by atoms with van der Waals surface area (Å²) < 4.78 is 0. The van der Waals surface area contributed by atoms with E-state index < -0.39 is 0 Å². The summed E-state index contributed by atoms with van der Waals surface area (Å²) in [5.41, 5.74) is 0. The minimum absolute atomic E-state index is 0.0799. The Morgan fingerprint density at radius 1 is 1.73 bits per heavy atom. The Morgan fingerprint density at radius 2 is 2.45 bits per heavy atom. The number of rotatable bonds is 1. The Labute approximate surface area is 66.3 Å². The van der Waals surface area contributed by atoms with E-state index in [0.717, 1.165) is 19.4 Å². The van der Waals surface area contributed by atoms with Crippen LogP contribution in [-0.2, 0) is 4.79 Å². The summed E-state index contributed by atoms with van der Waals surface area (Å²) in [4.78, 5) is 12.6. The molecule has 0 aromatic heterocycles. The summed E-state index contributed by atoms with van der Waals surface area (Å²) in [6, 6.07) is 0. The van der Waals surface area contributed by atoms with Gasteiger partial charge in [0.2, 0.25) is 5.91 Å². The third-order valence-corrected chi connectivity index (χ3v) is 1.88. The van der Waals surface area contributed by atoms with Crippen LogP contribution in [0.1, 0.15) is 12.8 Å². The van der Waals surface area contributed by atoms with Gasteiger partial charge >= 0.3 is 0 Å². The van der Waals surface area contributed by atoms with Crippen LogP contribution in [-0.4, -0.2) is 35.1 Å². The Kier molecular flexibility index (Phi) is 2.65. The molecule has 1 atom stereocenters. The predicted octanol–water partition coefficient (Wildman–Crippen LogP) is 0.156. The largest absolute Gasteiger partial charge is 0.391 e.